The van der Waals surface area contributed by atoms with E-state index < -0.39 is 5.41 Å². The van der Waals surface area contributed by atoms with E-state index >= 15 is 0 Å². The molecule has 1 saturated carbocycles. The lowest BCUT2D eigenvalue weighted by atomic mass is 9.81. The predicted octanol–water partition coefficient (Wildman–Crippen LogP) is 1.97. The lowest BCUT2D eigenvalue weighted by Crippen LogP contribution is -2.46. The zero-order chi connectivity index (χ0) is 15.0. The van der Waals surface area contributed by atoms with Crippen LogP contribution >= 0.6 is 0 Å². The largest absolute Gasteiger partial charge is 0.328 e. The van der Waals surface area contributed by atoms with Gasteiger partial charge in [-0.05, 0) is 38.2 Å². The van der Waals surface area contributed by atoms with Crippen molar-refractivity contribution in [3.8, 4) is 0 Å². The highest BCUT2D eigenvalue weighted by atomic mass is 16.2. The Bertz CT molecular complexity index is 549. The number of imide groups is 1. The molecule has 0 bridgehead atoms. The predicted molar refractivity (Wildman–Crippen MR) is 80.5 cm³/mol. The highest BCUT2D eigenvalue weighted by molar-refractivity contribution is 6.09. The second-order valence-electron chi connectivity index (χ2n) is 6.51. The number of rotatable bonds is 2. The molecule has 21 heavy (non-hydrogen) atoms. The molecule has 1 aromatic rings. The molecule has 4 heteroatoms. The van der Waals surface area contributed by atoms with Crippen molar-refractivity contribution in [3.05, 3.63) is 35.9 Å². The van der Waals surface area contributed by atoms with Gasteiger partial charge in [0.25, 0.3) is 0 Å². The first kappa shape index (κ1) is 14.3. The van der Waals surface area contributed by atoms with Crippen molar-refractivity contribution in [1.29, 1.82) is 0 Å². The molecule has 1 unspecified atom stereocenters. The van der Waals surface area contributed by atoms with Gasteiger partial charge in [-0.1, -0.05) is 30.3 Å². The van der Waals surface area contributed by atoms with Crippen molar-refractivity contribution in [2.75, 3.05) is 0 Å². The molecule has 112 valence electrons. The molecule has 0 spiro atoms. The Labute approximate surface area is 125 Å². The summed E-state index contributed by atoms with van der Waals surface area (Å²) in [6, 6.07) is 9.89. The molecule has 1 heterocycles. The number of nitrogens with zero attached hydrogens (tertiary/aromatic N) is 1. The van der Waals surface area contributed by atoms with Crippen molar-refractivity contribution in [3.63, 3.8) is 0 Å². The van der Waals surface area contributed by atoms with Crippen LogP contribution in [0, 0.1) is 0 Å². The number of hydrogen-bond donors (Lipinski definition) is 1. The quantitative estimate of drug-likeness (QED) is 0.845. The maximum atomic E-state index is 12.9. The highest BCUT2D eigenvalue weighted by Gasteiger charge is 2.51. The second kappa shape index (κ2) is 5.26. The van der Waals surface area contributed by atoms with E-state index in [0.717, 1.165) is 31.2 Å². The average Bonchev–Trinajstić information content (AvgIpc) is 2.72. The minimum absolute atomic E-state index is 0.0353. The van der Waals surface area contributed by atoms with Crippen LogP contribution in [0.4, 0.5) is 0 Å². The van der Waals surface area contributed by atoms with Gasteiger partial charge in [0.2, 0.25) is 11.8 Å². The van der Waals surface area contributed by atoms with E-state index in [-0.39, 0.29) is 30.3 Å². The molecule has 4 nitrogen and oxygen atoms in total. The summed E-state index contributed by atoms with van der Waals surface area (Å²) < 4.78 is 0. The number of hydrogen-bond acceptors (Lipinski definition) is 3. The molecule has 1 aromatic carbocycles. The summed E-state index contributed by atoms with van der Waals surface area (Å²) in [5, 5.41) is 0. The van der Waals surface area contributed by atoms with Crippen molar-refractivity contribution in [2.24, 2.45) is 5.73 Å². The van der Waals surface area contributed by atoms with Gasteiger partial charge < -0.3 is 5.73 Å². The van der Waals surface area contributed by atoms with Crippen LogP contribution in [0.15, 0.2) is 30.3 Å². The fraction of sp³-hybridized carbons (Fsp3) is 0.529. The van der Waals surface area contributed by atoms with E-state index in [2.05, 4.69) is 0 Å². The van der Waals surface area contributed by atoms with Gasteiger partial charge in [0.1, 0.15) is 0 Å². The molecule has 2 fully saturated rings. The minimum atomic E-state index is -0.710. The smallest absolute Gasteiger partial charge is 0.240 e. The Hall–Kier alpha value is -1.68. The SMILES string of the molecule is CC1(c2ccccc2)CC(=O)N(C2CCC(N)CC2)C1=O. The Balaban J connectivity index is 1.85. The lowest BCUT2D eigenvalue weighted by Gasteiger charge is -2.33. The molecule has 1 saturated heterocycles. The summed E-state index contributed by atoms with van der Waals surface area (Å²) in [6.45, 7) is 1.89. The minimum Gasteiger partial charge on any atom is -0.328 e. The van der Waals surface area contributed by atoms with E-state index in [4.69, 9.17) is 5.73 Å². The van der Waals surface area contributed by atoms with Gasteiger partial charge in [-0.15, -0.1) is 0 Å². The Morgan fingerprint density at radius 3 is 2.33 bits per heavy atom. The molecule has 1 aliphatic heterocycles. The summed E-state index contributed by atoms with van der Waals surface area (Å²) >= 11 is 0. The van der Waals surface area contributed by atoms with Crippen molar-refractivity contribution < 1.29 is 9.59 Å². The van der Waals surface area contributed by atoms with Crippen LogP contribution in [0.3, 0.4) is 0 Å². The molecule has 0 aromatic heterocycles. The molecule has 2 aliphatic rings. The van der Waals surface area contributed by atoms with Crippen LogP contribution in [0.1, 0.15) is 44.6 Å². The van der Waals surface area contributed by atoms with Gasteiger partial charge in [0, 0.05) is 18.5 Å². The third-order valence-corrected chi connectivity index (χ3v) is 4.98. The van der Waals surface area contributed by atoms with Gasteiger partial charge in [0.05, 0.1) is 5.41 Å². The average molecular weight is 286 g/mol. The summed E-state index contributed by atoms with van der Waals surface area (Å²) in [5.74, 6) is -0.0778. The number of benzene rings is 1. The first-order valence-electron chi connectivity index (χ1n) is 7.70. The number of likely N-dealkylation sites (tertiary alicyclic amines) is 1. The number of carbonyl (C=O) groups excluding carboxylic acids is 2. The highest BCUT2D eigenvalue weighted by Crippen LogP contribution is 2.39. The maximum absolute atomic E-state index is 12.9. The summed E-state index contributed by atoms with van der Waals surface area (Å²) in [5.41, 5.74) is 6.14. The molecule has 0 radical (unpaired) electrons. The molecule has 2 N–H and O–H groups in total. The molecule has 1 atom stereocenters. The van der Waals surface area contributed by atoms with Gasteiger partial charge in [-0.2, -0.15) is 0 Å². The van der Waals surface area contributed by atoms with Gasteiger partial charge >= 0.3 is 0 Å². The summed E-state index contributed by atoms with van der Waals surface area (Å²) in [4.78, 5) is 26.8. The van der Waals surface area contributed by atoms with Gasteiger partial charge in [0.15, 0.2) is 0 Å². The molecule has 3 rings (SSSR count). The summed E-state index contributed by atoms with van der Waals surface area (Å²) in [7, 11) is 0. The van der Waals surface area contributed by atoms with Gasteiger partial charge in [-0.3, -0.25) is 14.5 Å². The third-order valence-electron chi connectivity index (χ3n) is 4.98. The lowest BCUT2D eigenvalue weighted by molar-refractivity contribution is -0.143. The maximum Gasteiger partial charge on any atom is 0.240 e. The van der Waals surface area contributed by atoms with Gasteiger partial charge in [-0.25, -0.2) is 0 Å². The first-order valence-corrected chi connectivity index (χ1v) is 7.70. The van der Waals surface area contributed by atoms with Crippen LogP contribution in [0.25, 0.3) is 0 Å². The first-order chi connectivity index (χ1) is 10.0. The fourth-order valence-corrected chi connectivity index (χ4v) is 3.60. The van der Waals surface area contributed by atoms with Crippen LogP contribution in [-0.2, 0) is 15.0 Å². The Morgan fingerprint density at radius 1 is 1.10 bits per heavy atom. The molecule has 1 aliphatic carbocycles. The summed E-state index contributed by atoms with van der Waals surface area (Å²) in [6.07, 6.45) is 3.74. The normalized spacial score (nSPS) is 33.5. The zero-order valence-corrected chi connectivity index (χ0v) is 12.4. The third kappa shape index (κ3) is 2.38. The second-order valence-corrected chi connectivity index (χ2v) is 6.51. The van der Waals surface area contributed by atoms with Crippen LogP contribution in [0.2, 0.25) is 0 Å². The Kier molecular flexibility index (Phi) is 3.57. The van der Waals surface area contributed by atoms with E-state index in [1.54, 1.807) is 0 Å². The van der Waals surface area contributed by atoms with Crippen molar-refractivity contribution in [2.45, 2.75) is 56.5 Å². The number of amides is 2. The molecular weight excluding hydrogens is 264 g/mol. The topological polar surface area (TPSA) is 63.4 Å². The monoisotopic (exact) mass is 286 g/mol. The Morgan fingerprint density at radius 2 is 1.71 bits per heavy atom. The van der Waals surface area contributed by atoms with Crippen LogP contribution in [-0.4, -0.2) is 28.8 Å². The van der Waals surface area contributed by atoms with Crippen molar-refractivity contribution in [1.82, 2.24) is 4.90 Å². The fourth-order valence-electron chi connectivity index (χ4n) is 3.60. The van der Waals surface area contributed by atoms with E-state index in [9.17, 15) is 9.59 Å². The van der Waals surface area contributed by atoms with Crippen molar-refractivity contribution >= 4 is 11.8 Å². The van der Waals surface area contributed by atoms with Crippen LogP contribution in [0.5, 0.6) is 0 Å². The number of nitrogens with two attached hydrogens (primary N) is 1. The van der Waals surface area contributed by atoms with E-state index in [1.165, 1.54) is 4.90 Å². The number of carbonyl (C=O) groups is 2. The van der Waals surface area contributed by atoms with Crippen LogP contribution < -0.4 is 5.73 Å². The zero-order valence-electron chi connectivity index (χ0n) is 12.4. The molecular formula is C17H22N2O2. The molecule has 2 amide bonds. The standard InChI is InChI=1S/C17H22N2O2/c1-17(12-5-3-2-4-6-12)11-15(20)19(16(17)21)14-9-7-13(18)8-10-14/h2-6,13-14H,7-11,18H2,1H3. The van der Waals surface area contributed by atoms with E-state index in [1.807, 2.05) is 37.3 Å². The van der Waals surface area contributed by atoms with E-state index in [0.29, 0.717) is 0 Å².